The number of likely N-dealkylation sites (N-methyl/N-ethyl adjacent to an activating group) is 3. The lowest BCUT2D eigenvalue weighted by atomic mass is 9.78. The first-order valence-corrected chi connectivity index (χ1v) is 16.9. The molecule has 0 radical (unpaired) electrons. The summed E-state index contributed by atoms with van der Waals surface area (Å²) >= 11 is 1.43. The van der Waals surface area contributed by atoms with Crippen LogP contribution in [-0.4, -0.2) is 138 Å². The molecule has 15 nitrogen and oxygen atoms in total. The number of likely N-dealkylation sites (tertiary alicyclic amines) is 2. The van der Waals surface area contributed by atoms with Gasteiger partial charge in [-0.25, -0.2) is 9.59 Å². The second kappa shape index (κ2) is 14.3. The Hall–Kier alpha value is -3.86. The van der Waals surface area contributed by atoms with Crippen molar-refractivity contribution in [3.05, 3.63) is 50.5 Å². The highest BCUT2D eigenvalue weighted by Crippen LogP contribution is 2.52. The zero-order chi connectivity index (χ0) is 35.0. The quantitative estimate of drug-likeness (QED) is 0.110. The van der Waals surface area contributed by atoms with Gasteiger partial charge in [0.05, 0.1) is 35.0 Å². The van der Waals surface area contributed by atoms with E-state index in [4.69, 9.17) is 4.74 Å². The number of benzene rings is 1. The van der Waals surface area contributed by atoms with E-state index in [-0.39, 0.29) is 64.5 Å². The lowest BCUT2D eigenvalue weighted by Gasteiger charge is -2.47. The van der Waals surface area contributed by atoms with Crippen LogP contribution < -0.4 is 10.6 Å². The Labute approximate surface area is 283 Å². The predicted molar refractivity (Wildman–Crippen MR) is 176 cm³/mol. The minimum Gasteiger partial charge on any atom is -0.385 e. The van der Waals surface area contributed by atoms with Crippen molar-refractivity contribution in [2.75, 3.05) is 54.4 Å². The van der Waals surface area contributed by atoms with Gasteiger partial charge in [0.15, 0.2) is 0 Å². The molecule has 4 heterocycles. The van der Waals surface area contributed by atoms with Crippen LogP contribution >= 0.6 is 11.8 Å². The van der Waals surface area contributed by atoms with Crippen LogP contribution in [-0.2, 0) is 23.9 Å². The van der Waals surface area contributed by atoms with Gasteiger partial charge in [0.25, 0.3) is 5.69 Å². The van der Waals surface area contributed by atoms with Crippen LogP contribution in [0.5, 0.6) is 0 Å². The van der Waals surface area contributed by atoms with Crippen LogP contribution in [0.1, 0.15) is 37.0 Å². The van der Waals surface area contributed by atoms with E-state index in [0.29, 0.717) is 31.0 Å². The van der Waals surface area contributed by atoms with Gasteiger partial charge in [-0.2, -0.15) is 0 Å². The third-order valence-corrected chi connectivity index (χ3v) is 11.2. The molecule has 3 saturated heterocycles. The maximum atomic E-state index is 13.7. The van der Waals surface area contributed by atoms with Crippen molar-refractivity contribution < 1.29 is 33.6 Å². The van der Waals surface area contributed by atoms with Gasteiger partial charge in [0.2, 0.25) is 17.7 Å². The van der Waals surface area contributed by atoms with Crippen molar-refractivity contribution in [3.63, 3.8) is 0 Å². The smallest absolute Gasteiger partial charge is 0.363 e. The summed E-state index contributed by atoms with van der Waals surface area (Å²) in [4.78, 5) is 84.5. The molecule has 0 spiro atoms. The van der Waals surface area contributed by atoms with Gasteiger partial charge < -0.3 is 30.1 Å². The number of nitro benzene ring substituents is 1. The largest absolute Gasteiger partial charge is 0.385 e. The molecular formula is C32H43N7O8S. The Morgan fingerprint density at radius 2 is 1.83 bits per heavy atom. The number of β-lactam (4-membered cyclic amide) rings is 1. The molecule has 0 aliphatic carbocycles. The van der Waals surface area contributed by atoms with Crippen LogP contribution in [0.2, 0.25) is 0 Å². The van der Waals surface area contributed by atoms with Crippen LogP contribution in [0.3, 0.4) is 0 Å². The molecule has 3 amide bonds. The van der Waals surface area contributed by atoms with Crippen LogP contribution in [0, 0.1) is 22.0 Å². The van der Waals surface area contributed by atoms with Gasteiger partial charge in [0.1, 0.15) is 5.70 Å². The molecule has 7 atom stereocenters. The number of amides is 3. The van der Waals surface area contributed by atoms with Crippen molar-refractivity contribution in [2.24, 2.45) is 11.8 Å². The first-order valence-electron chi connectivity index (χ1n) is 16.1. The number of fused-ring (bicyclic) bond motifs is 1. The molecule has 1 aromatic rings. The van der Waals surface area contributed by atoms with Crippen molar-refractivity contribution in [3.8, 4) is 0 Å². The number of nitro groups is 1. The van der Waals surface area contributed by atoms with E-state index < -0.39 is 34.9 Å². The maximum absolute atomic E-state index is 13.7. The second-order valence-corrected chi connectivity index (χ2v) is 14.6. The highest BCUT2D eigenvalue weighted by Gasteiger charge is 2.61. The van der Waals surface area contributed by atoms with Gasteiger partial charge in [-0.05, 0) is 60.1 Å². The average Bonchev–Trinajstić information content (AvgIpc) is 3.71. The van der Waals surface area contributed by atoms with E-state index in [1.807, 2.05) is 30.8 Å². The Morgan fingerprint density at radius 1 is 1.15 bits per heavy atom. The molecule has 5 rings (SSSR count). The summed E-state index contributed by atoms with van der Waals surface area (Å²) < 4.78 is 5.27. The molecule has 260 valence electrons. The number of carbonyl (C=O) groups is 5. The van der Waals surface area contributed by atoms with Gasteiger partial charge in [-0.1, -0.05) is 6.92 Å². The summed E-state index contributed by atoms with van der Waals surface area (Å²) in [5, 5.41) is 17.1. The number of nitrogens with zero attached hydrogens (tertiary/aromatic N) is 5. The van der Waals surface area contributed by atoms with Gasteiger partial charge in [0, 0.05) is 59.9 Å². The highest BCUT2D eigenvalue weighted by molar-refractivity contribution is 8.03. The van der Waals surface area contributed by atoms with Gasteiger partial charge in [-0.15, -0.1) is 11.8 Å². The topological polar surface area (TPSA) is 175 Å². The van der Waals surface area contributed by atoms with Gasteiger partial charge in [-0.3, -0.25) is 29.4 Å². The van der Waals surface area contributed by atoms with Crippen molar-refractivity contribution >= 4 is 47.1 Å². The van der Waals surface area contributed by atoms with Crippen LogP contribution in [0.4, 0.5) is 5.69 Å². The summed E-state index contributed by atoms with van der Waals surface area (Å²) in [6, 6.07) is 3.65. The number of rotatable bonds is 11. The predicted octanol–water partition coefficient (Wildman–Crippen LogP) is 0.659. The summed E-state index contributed by atoms with van der Waals surface area (Å²) in [6.07, 6.45) is 1.44. The number of carbonyl (C=O) groups excluding carboxylic acids is 5. The molecule has 0 saturated carbocycles. The number of esters is 2. The number of nitrogens with one attached hydrogen (secondary N) is 2. The van der Waals surface area contributed by atoms with E-state index >= 15 is 0 Å². The Balaban J connectivity index is 1.37. The molecule has 48 heavy (non-hydrogen) atoms. The second-order valence-electron chi connectivity index (χ2n) is 13.3. The fraction of sp³-hybridized carbons (Fsp3) is 0.594. The SMILES string of the molecule is CN[C@@H]1CCN(C(=O)C2CC(SC3=C(C(=O)OC(=O)c4ccc([N+](=O)[O-])cc4)N4C(=O)C(C(C)NC(=O)CN(C)C)[C@H]4C3C)CN2C)C1. The Morgan fingerprint density at radius 3 is 2.44 bits per heavy atom. The number of thioether (sulfide) groups is 1. The van der Waals surface area contributed by atoms with E-state index in [2.05, 4.69) is 10.6 Å². The first kappa shape index (κ1) is 35.4. The summed E-state index contributed by atoms with van der Waals surface area (Å²) in [5.74, 6) is -3.45. The third kappa shape index (κ3) is 6.97. The third-order valence-electron chi connectivity index (χ3n) is 9.67. The van der Waals surface area contributed by atoms with E-state index in [9.17, 15) is 34.1 Å². The summed E-state index contributed by atoms with van der Waals surface area (Å²) in [6.45, 7) is 5.75. The van der Waals surface area contributed by atoms with Crippen molar-refractivity contribution in [1.82, 2.24) is 30.2 Å². The number of hydrogen-bond acceptors (Lipinski definition) is 12. The molecular weight excluding hydrogens is 642 g/mol. The molecule has 16 heteroatoms. The molecule has 2 N–H and O–H groups in total. The lowest BCUT2D eigenvalue weighted by molar-refractivity contribution is -0.384. The molecule has 0 bridgehead atoms. The van der Waals surface area contributed by atoms with E-state index in [1.165, 1.54) is 28.8 Å². The van der Waals surface area contributed by atoms with Crippen molar-refractivity contribution in [2.45, 2.75) is 56.1 Å². The molecule has 3 fully saturated rings. The average molecular weight is 686 g/mol. The zero-order valence-electron chi connectivity index (χ0n) is 28.0. The fourth-order valence-corrected chi connectivity index (χ4v) is 8.78. The lowest BCUT2D eigenvalue weighted by Crippen LogP contribution is -2.66. The number of hydrogen-bond donors (Lipinski definition) is 2. The summed E-state index contributed by atoms with van der Waals surface area (Å²) in [7, 11) is 7.34. The standard InChI is InChI=1S/C32H43N7O8S/c1-17-26-25(18(2)34-24(40)16-35(4)5)30(42)38(26)27(32(44)47-31(43)19-7-9-21(10-8-19)39(45)46)28(17)48-22-13-23(36(6)15-22)29(41)37-12-11-20(14-37)33-3/h7-10,17-18,20,22-23,25-26,33H,11-16H2,1-6H3,(H,34,40)/t17?,18?,20-,22?,23?,25?,26-/m1/s1. The fourth-order valence-electron chi connectivity index (χ4n) is 7.19. The van der Waals surface area contributed by atoms with Gasteiger partial charge >= 0.3 is 11.9 Å². The monoisotopic (exact) mass is 685 g/mol. The minimum atomic E-state index is -1.01. The van der Waals surface area contributed by atoms with Crippen molar-refractivity contribution in [1.29, 1.82) is 0 Å². The highest BCUT2D eigenvalue weighted by atomic mass is 32.2. The van der Waals surface area contributed by atoms with Crippen LogP contribution in [0.25, 0.3) is 0 Å². The van der Waals surface area contributed by atoms with E-state index in [1.54, 1.807) is 25.9 Å². The summed E-state index contributed by atoms with van der Waals surface area (Å²) in [5.41, 5.74) is -0.298. The molecule has 4 aliphatic heterocycles. The molecule has 0 aromatic heterocycles. The maximum Gasteiger partial charge on any atom is 0.363 e. The molecule has 5 unspecified atom stereocenters. The van der Waals surface area contributed by atoms with Crippen LogP contribution in [0.15, 0.2) is 34.9 Å². The molecule has 1 aromatic carbocycles. The Bertz CT molecular complexity index is 1520. The normalized spacial score (nSPS) is 27.6. The molecule has 4 aliphatic rings. The zero-order valence-corrected chi connectivity index (χ0v) is 28.8. The Kier molecular flexibility index (Phi) is 10.6. The minimum absolute atomic E-state index is 0.0188. The number of ether oxygens (including phenoxy) is 1. The first-order chi connectivity index (χ1) is 22.7. The number of non-ortho nitro benzene ring substituents is 1. The van der Waals surface area contributed by atoms with E-state index in [0.717, 1.165) is 18.6 Å².